The van der Waals surface area contributed by atoms with Crippen LogP contribution in [-0.2, 0) is 4.79 Å². The highest BCUT2D eigenvalue weighted by Gasteiger charge is 2.31. The van der Waals surface area contributed by atoms with E-state index in [0.29, 0.717) is 17.0 Å². The standard InChI is InChI=1S/C19H19N3O5/c1-12-9-14(3-6-17(12)22(25)26)21-18(23)19(2,24)11-27-15-4-5-16-13(10-15)7-8-20-16/h3-10,20,24H,11H2,1-2H3,(H,21,23)/t19-/m0/s1. The van der Waals surface area contributed by atoms with Gasteiger partial charge in [-0.2, -0.15) is 0 Å². The van der Waals surface area contributed by atoms with Crippen LogP contribution in [0.5, 0.6) is 5.75 Å². The molecule has 0 saturated carbocycles. The molecule has 3 aromatic rings. The fraction of sp³-hybridized carbons (Fsp3) is 0.211. The minimum atomic E-state index is -1.79. The molecule has 140 valence electrons. The normalized spacial score (nSPS) is 13.1. The minimum Gasteiger partial charge on any atom is -0.490 e. The van der Waals surface area contributed by atoms with Gasteiger partial charge in [-0.25, -0.2) is 0 Å². The predicted octanol–water partition coefficient (Wildman–Crippen LogP) is 3.15. The largest absolute Gasteiger partial charge is 0.490 e. The van der Waals surface area contributed by atoms with Crippen LogP contribution in [0.15, 0.2) is 48.7 Å². The van der Waals surface area contributed by atoms with Gasteiger partial charge < -0.3 is 20.1 Å². The van der Waals surface area contributed by atoms with Crippen LogP contribution in [0.25, 0.3) is 10.9 Å². The number of rotatable bonds is 6. The Balaban J connectivity index is 1.65. The van der Waals surface area contributed by atoms with Crippen LogP contribution < -0.4 is 10.1 Å². The summed E-state index contributed by atoms with van der Waals surface area (Å²) in [5.74, 6) is -0.139. The summed E-state index contributed by atoms with van der Waals surface area (Å²) in [6.45, 7) is 2.67. The molecular weight excluding hydrogens is 350 g/mol. The number of ether oxygens (including phenoxy) is 1. The van der Waals surface area contributed by atoms with Gasteiger partial charge in [0.25, 0.3) is 11.6 Å². The molecule has 0 fully saturated rings. The summed E-state index contributed by atoms with van der Waals surface area (Å²) < 4.78 is 5.57. The number of fused-ring (bicyclic) bond motifs is 1. The van der Waals surface area contributed by atoms with Crippen molar-refractivity contribution >= 4 is 28.2 Å². The molecule has 0 saturated heterocycles. The van der Waals surface area contributed by atoms with Gasteiger partial charge in [-0.05, 0) is 50.2 Å². The Labute approximate surface area is 154 Å². The maximum absolute atomic E-state index is 12.4. The summed E-state index contributed by atoms with van der Waals surface area (Å²) in [5.41, 5.74) is -0.0998. The summed E-state index contributed by atoms with van der Waals surface area (Å²) in [6.07, 6.45) is 1.81. The lowest BCUT2D eigenvalue weighted by Crippen LogP contribution is -2.45. The van der Waals surface area contributed by atoms with Crippen molar-refractivity contribution in [2.75, 3.05) is 11.9 Å². The second kappa shape index (κ2) is 7.08. The van der Waals surface area contributed by atoms with Gasteiger partial charge in [-0.1, -0.05) is 0 Å². The molecule has 3 N–H and O–H groups in total. The highest BCUT2D eigenvalue weighted by molar-refractivity contribution is 5.97. The Morgan fingerprint density at radius 2 is 2.07 bits per heavy atom. The minimum absolute atomic E-state index is 0.0387. The number of nitro benzene ring substituents is 1. The van der Waals surface area contributed by atoms with Crippen LogP contribution in [-0.4, -0.2) is 33.1 Å². The number of nitro groups is 1. The fourth-order valence-electron chi connectivity index (χ4n) is 2.61. The third-order valence-corrected chi connectivity index (χ3v) is 4.19. The van der Waals surface area contributed by atoms with Gasteiger partial charge in [0.2, 0.25) is 0 Å². The van der Waals surface area contributed by atoms with Crippen LogP contribution in [0.1, 0.15) is 12.5 Å². The molecule has 27 heavy (non-hydrogen) atoms. The van der Waals surface area contributed by atoms with Crippen molar-refractivity contribution in [1.82, 2.24) is 4.98 Å². The number of H-pyrrole nitrogens is 1. The number of benzene rings is 2. The van der Waals surface area contributed by atoms with Gasteiger partial charge >= 0.3 is 0 Å². The summed E-state index contributed by atoms with van der Waals surface area (Å²) in [6, 6.07) is 11.5. The van der Waals surface area contributed by atoms with Crippen molar-refractivity contribution in [3.63, 3.8) is 0 Å². The van der Waals surface area contributed by atoms with Crippen molar-refractivity contribution in [2.45, 2.75) is 19.4 Å². The maximum atomic E-state index is 12.4. The first kappa shape index (κ1) is 18.4. The van der Waals surface area contributed by atoms with Crippen molar-refractivity contribution in [3.05, 3.63) is 64.3 Å². The molecule has 8 heteroatoms. The SMILES string of the molecule is Cc1cc(NC(=O)[C@@](C)(O)COc2ccc3[nH]ccc3c2)ccc1[N+](=O)[O-]. The number of hydrogen-bond acceptors (Lipinski definition) is 5. The number of nitrogens with one attached hydrogen (secondary N) is 2. The molecule has 1 heterocycles. The number of aryl methyl sites for hydroxylation is 1. The van der Waals surface area contributed by atoms with E-state index in [1.165, 1.54) is 25.1 Å². The number of aromatic nitrogens is 1. The van der Waals surface area contributed by atoms with Gasteiger partial charge in [-0.3, -0.25) is 14.9 Å². The average Bonchev–Trinajstić information content (AvgIpc) is 3.07. The van der Waals surface area contributed by atoms with Gasteiger partial charge in [-0.15, -0.1) is 0 Å². The van der Waals surface area contributed by atoms with Crippen molar-refractivity contribution in [2.24, 2.45) is 0 Å². The number of amides is 1. The highest BCUT2D eigenvalue weighted by Crippen LogP contribution is 2.23. The Bertz CT molecular complexity index is 1010. The summed E-state index contributed by atoms with van der Waals surface area (Å²) in [5, 5.41) is 24.8. The van der Waals surface area contributed by atoms with E-state index < -0.39 is 16.4 Å². The second-order valence-corrected chi connectivity index (χ2v) is 6.50. The number of carbonyl (C=O) groups excluding carboxylic acids is 1. The molecule has 8 nitrogen and oxygen atoms in total. The molecule has 2 aromatic carbocycles. The van der Waals surface area contributed by atoms with Crippen LogP contribution in [0.4, 0.5) is 11.4 Å². The number of aromatic amines is 1. The first-order chi connectivity index (χ1) is 12.8. The Morgan fingerprint density at radius 1 is 1.30 bits per heavy atom. The average molecular weight is 369 g/mol. The summed E-state index contributed by atoms with van der Waals surface area (Å²) in [4.78, 5) is 25.8. The predicted molar refractivity (Wildman–Crippen MR) is 101 cm³/mol. The monoisotopic (exact) mass is 369 g/mol. The molecule has 0 spiro atoms. The third-order valence-electron chi connectivity index (χ3n) is 4.19. The van der Waals surface area contributed by atoms with Gasteiger partial charge in [0.05, 0.1) is 4.92 Å². The number of anilines is 1. The van der Waals surface area contributed by atoms with E-state index in [2.05, 4.69) is 10.3 Å². The van der Waals surface area contributed by atoms with Crippen molar-refractivity contribution in [3.8, 4) is 5.75 Å². The van der Waals surface area contributed by atoms with Crippen LogP contribution >= 0.6 is 0 Å². The molecule has 1 amide bonds. The zero-order valence-electron chi connectivity index (χ0n) is 14.9. The molecule has 0 bridgehead atoms. The number of hydrogen-bond donors (Lipinski definition) is 3. The second-order valence-electron chi connectivity index (χ2n) is 6.50. The summed E-state index contributed by atoms with van der Waals surface area (Å²) >= 11 is 0. The third kappa shape index (κ3) is 4.06. The fourth-order valence-corrected chi connectivity index (χ4v) is 2.61. The van der Waals surface area contributed by atoms with Crippen LogP contribution in [0, 0.1) is 17.0 Å². The smallest absolute Gasteiger partial charge is 0.272 e. The molecule has 1 aromatic heterocycles. The Morgan fingerprint density at radius 3 is 2.78 bits per heavy atom. The zero-order valence-corrected chi connectivity index (χ0v) is 14.9. The van der Waals surface area contributed by atoms with Gasteiger partial charge in [0, 0.05) is 34.4 Å². The topological polar surface area (TPSA) is 117 Å². The molecule has 0 aliphatic carbocycles. The lowest BCUT2D eigenvalue weighted by molar-refractivity contribution is -0.385. The lowest BCUT2D eigenvalue weighted by atomic mass is 10.1. The Hall–Kier alpha value is -3.39. The lowest BCUT2D eigenvalue weighted by Gasteiger charge is -2.22. The molecular formula is C19H19N3O5. The highest BCUT2D eigenvalue weighted by atomic mass is 16.6. The van der Waals surface area contributed by atoms with E-state index >= 15 is 0 Å². The first-order valence-electron chi connectivity index (χ1n) is 8.25. The van der Waals surface area contributed by atoms with Crippen molar-refractivity contribution < 1.29 is 19.6 Å². The molecule has 3 rings (SSSR count). The first-order valence-corrected chi connectivity index (χ1v) is 8.25. The van der Waals surface area contributed by atoms with E-state index in [1.54, 1.807) is 19.1 Å². The molecule has 0 radical (unpaired) electrons. The molecule has 0 aliphatic rings. The number of carbonyl (C=O) groups is 1. The maximum Gasteiger partial charge on any atom is 0.272 e. The van der Waals surface area contributed by atoms with E-state index in [1.807, 2.05) is 18.3 Å². The van der Waals surface area contributed by atoms with E-state index in [0.717, 1.165) is 10.9 Å². The quantitative estimate of drug-likeness (QED) is 0.456. The number of aliphatic hydroxyl groups is 1. The van der Waals surface area contributed by atoms with E-state index in [9.17, 15) is 20.0 Å². The number of nitrogens with zero attached hydrogens (tertiary/aromatic N) is 1. The van der Waals surface area contributed by atoms with E-state index in [4.69, 9.17) is 4.74 Å². The van der Waals surface area contributed by atoms with Crippen LogP contribution in [0.2, 0.25) is 0 Å². The zero-order chi connectivity index (χ0) is 19.6. The van der Waals surface area contributed by atoms with Gasteiger partial charge in [0.15, 0.2) is 5.60 Å². The van der Waals surface area contributed by atoms with E-state index in [-0.39, 0.29) is 12.3 Å². The molecule has 0 unspecified atom stereocenters. The molecule has 0 aliphatic heterocycles. The summed E-state index contributed by atoms with van der Waals surface area (Å²) in [7, 11) is 0. The van der Waals surface area contributed by atoms with Gasteiger partial charge in [0.1, 0.15) is 12.4 Å². The van der Waals surface area contributed by atoms with Crippen LogP contribution in [0.3, 0.4) is 0 Å². The Kier molecular flexibility index (Phi) is 4.83. The van der Waals surface area contributed by atoms with Crippen molar-refractivity contribution in [1.29, 1.82) is 0 Å². The molecule has 1 atom stereocenters.